The van der Waals surface area contributed by atoms with Gasteiger partial charge in [0.2, 0.25) is 0 Å². The van der Waals surface area contributed by atoms with Gasteiger partial charge in [0.25, 0.3) is 5.91 Å². The van der Waals surface area contributed by atoms with E-state index < -0.39 is 0 Å². The molecule has 0 spiro atoms. The Morgan fingerprint density at radius 2 is 1.88 bits per heavy atom. The van der Waals surface area contributed by atoms with E-state index in [9.17, 15) is 4.79 Å². The van der Waals surface area contributed by atoms with Crippen LogP contribution in [-0.4, -0.2) is 69.2 Å². The Morgan fingerprint density at radius 1 is 1.16 bits per heavy atom. The van der Waals surface area contributed by atoms with E-state index in [1.54, 1.807) is 19.2 Å². The average molecular weight is 439 g/mol. The van der Waals surface area contributed by atoms with Gasteiger partial charge >= 0.3 is 0 Å². The van der Waals surface area contributed by atoms with E-state index in [0.717, 1.165) is 23.6 Å². The third-order valence-electron chi connectivity index (χ3n) is 6.31. The van der Waals surface area contributed by atoms with Gasteiger partial charge in [-0.25, -0.2) is 4.68 Å². The van der Waals surface area contributed by atoms with E-state index in [1.807, 2.05) is 21.7 Å². The average Bonchev–Trinajstić information content (AvgIpc) is 3.53. The Hall–Kier alpha value is -3.20. The molecule has 0 unspecified atom stereocenters. The monoisotopic (exact) mass is 438 g/mol. The number of nitrogens with zero attached hydrogens (tertiary/aromatic N) is 6. The zero-order valence-corrected chi connectivity index (χ0v) is 19.1. The van der Waals surface area contributed by atoms with Crippen LogP contribution in [-0.2, 0) is 5.54 Å². The molecule has 1 atom stereocenters. The molecule has 1 fully saturated rings. The Kier molecular flexibility index (Phi) is 6.27. The summed E-state index contributed by atoms with van der Waals surface area (Å²) in [5.74, 6) is 1.90. The summed E-state index contributed by atoms with van der Waals surface area (Å²) in [6.45, 7) is 9.00. The van der Waals surface area contributed by atoms with Crippen molar-refractivity contribution in [3.05, 3.63) is 59.8 Å². The molecule has 32 heavy (non-hydrogen) atoms. The molecule has 1 amide bonds. The molecule has 9 heteroatoms. The molecule has 0 N–H and O–H groups in total. The van der Waals surface area contributed by atoms with Crippen LogP contribution in [0.3, 0.4) is 0 Å². The number of aromatic nitrogens is 4. The molecule has 1 aliphatic rings. The summed E-state index contributed by atoms with van der Waals surface area (Å²) in [6, 6.07) is 11.3. The molecule has 3 heterocycles. The van der Waals surface area contributed by atoms with Crippen LogP contribution in [0.4, 0.5) is 0 Å². The quantitative estimate of drug-likeness (QED) is 0.560. The van der Waals surface area contributed by atoms with Crippen LogP contribution < -0.4 is 4.74 Å². The van der Waals surface area contributed by atoms with Crippen molar-refractivity contribution < 1.29 is 13.9 Å². The molecular weight excluding hydrogens is 408 g/mol. The van der Waals surface area contributed by atoms with E-state index in [2.05, 4.69) is 53.3 Å². The Morgan fingerprint density at radius 3 is 2.47 bits per heavy atom. The number of hydrogen-bond donors (Lipinski definition) is 0. The van der Waals surface area contributed by atoms with Crippen LogP contribution in [0.1, 0.15) is 55.2 Å². The van der Waals surface area contributed by atoms with Gasteiger partial charge in [-0.1, -0.05) is 19.1 Å². The largest absolute Gasteiger partial charge is 0.497 e. The lowest BCUT2D eigenvalue weighted by Gasteiger charge is -2.39. The molecule has 3 aromatic rings. The first-order chi connectivity index (χ1) is 15.4. The second-order valence-electron chi connectivity index (χ2n) is 8.60. The number of carbonyl (C=O) groups is 1. The highest BCUT2D eigenvalue weighted by Gasteiger charge is 2.35. The highest BCUT2D eigenvalue weighted by atomic mass is 16.5. The fraction of sp³-hybridized carbons (Fsp3) is 0.478. The highest BCUT2D eigenvalue weighted by molar-refractivity contribution is 5.91. The van der Waals surface area contributed by atoms with Gasteiger partial charge in [0.15, 0.2) is 11.6 Å². The first-order valence-electron chi connectivity index (χ1n) is 10.9. The van der Waals surface area contributed by atoms with Crippen molar-refractivity contribution in [1.29, 1.82) is 0 Å². The standard InChI is InChI=1S/C23H30N6O3/c1-5-23(2,3)29-21(24-25-26-29)20(17-8-10-18(31-4)11-9-17)27-12-14-28(15-13-27)22(30)19-7-6-16-32-19/h6-11,16,20H,5,12-15H2,1-4H3/t20-/m1/s1. The smallest absolute Gasteiger partial charge is 0.289 e. The van der Waals surface area contributed by atoms with Crippen molar-refractivity contribution in [1.82, 2.24) is 30.0 Å². The van der Waals surface area contributed by atoms with Crippen LogP contribution in [0.15, 0.2) is 47.1 Å². The van der Waals surface area contributed by atoms with Gasteiger partial charge in [-0.3, -0.25) is 9.69 Å². The fourth-order valence-electron chi connectivity index (χ4n) is 3.99. The predicted molar refractivity (Wildman–Crippen MR) is 118 cm³/mol. The maximum Gasteiger partial charge on any atom is 0.289 e. The number of amides is 1. The van der Waals surface area contributed by atoms with Crippen molar-refractivity contribution in [3.8, 4) is 5.75 Å². The highest BCUT2D eigenvalue weighted by Crippen LogP contribution is 2.32. The van der Waals surface area contributed by atoms with Crippen LogP contribution >= 0.6 is 0 Å². The molecule has 0 radical (unpaired) electrons. The van der Waals surface area contributed by atoms with Crippen molar-refractivity contribution in [2.24, 2.45) is 0 Å². The van der Waals surface area contributed by atoms with E-state index in [4.69, 9.17) is 9.15 Å². The minimum absolute atomic E-state index is 0.0763. The maximum absolute atomic E-state index is 12.7. The van der Waals surface area contributed by atoms with Crippen LogP contribution in [0.25, 0.3) is 0 Å². The molecule has 1 saturated heterocycles. The fourth-order valence-corrected chi connectivity index (χ4v) is 3.99. The lowest BCUT2D eigenvalue weighted by Crippen LogP contribution is -2.50. The number of benzene rings is 1. The van der Waals surface area contributed by atoms with Gasteiger partial charge < -0.3 is 14.1 Å². The third-order valence-corrected chi connectivity index (χ3v) is 6.31. The topological polar surface area (TPSA) is 89.5 Å². The normalized spacial score (nSPS) is 16.2. The number of carbonyl (C=O) groups excluding carboxylic acids is 1. The van der Waals surface area contributed by atoms with Crippen LogP contribution in [0.5, 0.6) is 5.75 Å². The summed E-state index contributed by atoms with van der Waals surface area (Å²) in [5, 5.41) is 12.8. The van der Waals surface area contributed by atoms with Crippen molar-refractivity contribution in [2.45, 2.75) is 38.8 Å². The lowest BCUT2D eigenvalue weighted by atomic mass is 9.99. The number of rotatable bonds is 7. The summed E-state index contributed by atoms with van der Waals surface area (Å²) >= 11 is 0. The first kappa shape index (κ1) is 22.0. The molecule has 9 nitrogen and oxygen atoms in total. The van der Waals surface area contributed by atoms with E-state index in [0.29, 0.717) is 31.9 Å². The van der Waals surface area contributed by atoms with Gasteiger partial charge in [0.1, 0.15) is 5.75 Å². The Balaban J connectivity index is 1.62. The zero-order chi connectivity index (χ0) is 22.7. The zero-order valence-electron chi connectivity index (χ0n) is 19.1. The van der Waals surface area contributed by atoms with Crippen LogP contribution in [0.2, 0.25) is 0 Å². The number of tetrazole rings is 1. The maximum atomic E-state index is 12.7. The van der Waals surface area contributed by atoms with Gasteiger partial charge in [0, 0.05) is 26.2 Å². The lowest BCUT2D eigenvalue weighted by molar-refractivity contribution is 0.0555. The SMILES string of the molecule is CCC(C)(C)n1nnnc1[C@@H](c1ccc(OC)cc1)N1CCN(C(=O)c2ccco2)CC1. The second kappa shape index (κ2) is 9.12. The first-order valence-corrected chi connectivity index (χ1v) is 10.9. The number of methoxy groups -OCH3 is 1. The van der Waals surface area contributed by atoms with Crippen LogP contribution in [0, 0.1) is 0 Å². The second-order valence-corrected chi connectivity index (χ2v) is 8.60. The third kappa shape index (κ3) is 4.25. The molecule has 2 aromatic heterocycles. The van der Waals surface area contributed by atoms with E-state index >= 15 is 0 Å². The predicted octanol–water partition coefficient (Wildman–Crippen LogP) is 2.97. The number of furan rings is 1. The van der Waals surface area contributed by atoms with Crippen molar-refractivity contribution in [3.63, 3.8) is 0 Å². The van der Waals surface area contributed by atoms with E-state index in [-0.39, 0.29) is 17.5 Å². The summed E-state index contributed by atoms with van der Waals surface area (Å²) in [5.41, 5.74) is 0.861. The van der Waals surface area contributed by atoms with E-state index in [1.165, 1.54) is 6.26 Å². The summed E-state index contributed by atoms with van der Waals surface area (Å²) in [7, 11) is 1.66. The number of hydrogen-bond acceptors (Lipinski definition) is 7. The summed E-state index contributed by atoms with van der Waals surface area (Å²) in [4.78, 5) is 16.9. The molecule has 4 rings (SSSR count). The minimum atomic E-state index is -0.222. The Labute approximate surface area is 187 Å². The van der Waals surface area contributed by atoms with Gasteiger partial charge in [0.05, 0.1) is 25.0 Å². The molecule has 0 aliphatic carbocycles. The number of ether oxygens (including phenoxy) is 1. The van der Waals surface area contributed by atoms with Crippen molar-refractivity contribution in [2.75, 3.05) is 33.3 Å². The van der Waals surface area contributed by atoms with Gasteiger partial charge in [-0.2, -0.15) is 0 Å². The molecule has 170 valence electrons. The Bertz CT molecular complexity index is 1020. The van der Waals surface area contributed by atoms with Gasteiger partial charge in [-0.05, 0) is 60.5 Å². The molecular formula is C23H30N6O3. The minimum Gasteiger partial charge on any atom is -0.497 e. The number of piperazine rings is 1. The molecule has 1 aliphatic heterocycles. The summed E-state index contributed by atoms with van der Waals surface area (Å²) < 4.78 is 12.6. The van der Waals surface area contributed by atoms with Crippen molar-refractivity contribution >= 4 is 5.91 Å². The molecule has 1 aromatic carbocycles. The molecule has 0 saturated carbocycles. The van der Waals surface area contributed by atoms with Gasteiger partial charge in [-0.15, -0.1) is 5.10 Å². The summed E-state index contributed by atoms with van der Waals surface area (Å²) in [6.07, 6.45) is 2.42. The molecule has 0 bridgehead atoms.